The molecule has 0 aromatic heterocycles. The number of halogens is 2. The molecule has 4 aromatic rings. The van der Waals surface area contributed by atoms with Crippen LogP contribution in [0, 0.1) is 11.6 Å². The quantitative estimate of drug-likeness (QED) is 0.105. The molecule has 232 valence electrons. The first-order valence-electron chi connectivity index (χ1n) is 16.7. The lowest BCUT2D eigenvalue weighted by Gasteiger charge is -2.27. The lowest BCUT2D eigenvalue weighted by molar-refractivity contribution is -0.122. The highest BCUT2D eigenvalue weighted by atomic mass is 19.1. The Morgan fingerprint density at radius 3 is 1.30 bits per heavy atom. The van der Waals surface area contributed by atoms with Crippen LogP contribution >= 0.6 is 0 Å². The molecule has 0 N–H and O–H groups in total. The van der Waals surface area contributed by atoms with E-state index in [1.165, 1.54) is 73.9 Å². The largest absolute Gasteiger partial charge is 0.298 e. The molecule has 0 aliphatic carbocycles. The summed E-state index contributed by atoms with van der Waals surface area (Å²) in [6, 6.07) is 29.9. The van der Waals surface area contributed by atoms with Crippen molar-refractivity contribution in [1.82, 2.24) is 0 Å². The molecule has 3 heteroatoms. The van der Waals surface area contributed by atoms with Gasteiger partial charge < -0.3 is 0 Å². The number of carbonyl (C=O) groups excluding carboxylic acids is 1. The van der Waals surface area contributed by atoms with Gasteiger partial charge in [0.05, 0.1) is 0 Å². The number of aryl methyl sites for hydroxylation is 2. The minimum atomic E-state index is -0.388. The SMILES string of the molecule is CCCCCCc1ccccc1C(Cc1ccc(F)cc1)C(=O)C(Cc1ccc(F)cc1)c1ccccc1CCCCCC. The molecular weight excluding hydrogens is 546 g/mol. The lowest BCUT2D eigenvalue weighted by atomic mass is 9.75. The zero-order valence-corrected chi connectivity index (χ0v) is 26.5. The predicted molar refractivity (Wildman–Crippen MR) is 179 cm³/mol. The van der Waals surface area contributed by atoms with Gasteiger partial charge in [-0.05, 0) is 96.2 Å². The van der Waals surface area contributed by atoms with E-state index in [9.17, 15) is 8.78 Å². The van der Waals surface area contributed by atoms with E-state index < -0.39 is 0 Å². The standard InChI is InChI=1S/C41H48F2O/c1-3-5-7-9-15-33-17-11-13-19-37(33)39(29-31-21-25-35(42)26-22-31)41(44)40(30-32-23-27-36(43)28-24-32)38-20-14-12-18-34(38)16-10-8-6-4-2/h11-14,17-28,39-40H,3-10,15-16,29-30H2,1-2H3. The van der Waals surface area contributed by atoms with E-state index in [4.69, 9.17) is 0 Å². The molecule has 0 heterocycles. The van der Waals surface area contributed by atoms with Crippen LogP contribution in [-0.4, -0.2) is 5.78 Å². The third kappa shape index (κ3) is 9.71. The van der Waals surface area contributed by atoms with Crippen molar-refractivity contribution >= 4 is 5.78 Å². The topological polar surface area (TPSA) is 17.1 Å². The summed E-state index contributed by atoms with van der Waals surface area (Å²) < 4.78 is 27.8. The fourth-order valence-corrected chi connectivity index (χ4v) is 6.37. The van der Waals surface area contributed by atoms with Crippen LogP contribution in [0.25, 0.3) is 0 Å². The molecule has 0 radical (unpaired) electrons. The first-order chi connectivity index (χ1) is 21.5. The Hall–Kier alpha value is -3.59. The molecule has 2 unspecified atom stereocenters. The summed E-state index contributed by atoms with van der Waals surface area (Å²) in [6.07, 6.45) is 12.1. The number of Topliss-reactive ketones (excluding diaryl/α,β-unsaturated/α-hetero) is 1. The van der Waals surface area contributed by atoms with Gasteiger partial charge in [0.2, 0.25) is 0 Å². The van der Waals surface area contributed by atoms with E-state index in [1.54, 1.807) is 24.3 Å². The van der Waals surface area contributed by atoms with E-state index in [0.29, 0.717) is 12.8 Å². The molecule has 0 spiro atoms. The normalized spacial score (nSPS) is 12.6. The maximum Gasteiger partial charge on any atom is 0.148 e. The van der Waals surface area contributed by atoms with E-state index >= 15 is 4.79 Å². The molecule has 0 bridgehead atoms. The summed E-state index contributed by atoms with van der Waals surface area (Å²) in [6.45, 7) is 4.43. The maximum atomic E-state index is 15.1. The number of hydrogen-bond acceptors (Lipinski definition) is 1. The van der Waals surface area contributed by atoms with Crippen LogP contribution in [0.3, 0.4) is 0 Å². The second-order valence-electron chi connectivity index (χ2n) is 12.2. The summed E-state index contributed by atoms with van der Waals surface area (Å²) >= 11 is 0. The van der Waals surface area contributed by atoms with Crippen LogP contribution in [0.1, 0.15) is 110 Å². The third-order valence-corrected chi connectivity index (χ3v) is 8.85. The minimum absolute atomic E-state index is 0.167. The Morgan fingerprint density at radius 2 is 0.909 bits per heavy atom. The Labute approximate surface area is 263 Å². The average Bonchev–Trinajstić information content (AvgIpc) is 3.05. The van der Waals surface area contributed by atoms with Gasteiger partial charge in [-0.2, -0.15) is 0 Å². The van der Waals surface area contributed by atoms with Crippen molar-refractivity contribution in [1.29, 1.82) is 0 Å². The maximum absolute atomic E-state index is 15.1. The molecule has 0 fully saturated rings. The van der Waals surface area contributed by atoms with E-state index in [2.05, 4.69) is 50.2 Å². The third-order valence-electron chi connectivity index (χ3n) is 8.85. The fourth-order valence-electron chi connectivity index (χ4n) is 6.37. The number of ketones is 1. The van der Waals surface area contributed by atoms with Gasteiger partial charge in [-0.3, -0.25) is 4.79 Å². The predicted octanol–water partition coefficient (Wildman–Crippen LogP) is 11.1. The minimum Gasteiger partial charge on any atom is -0.298 e. The van der Waals surface area contributed by atoms with Crippen molar-refractivity contribution in [3.05, 3.63) is 142 Å². The van der Waals surface area contributed by atoms with Crippen molar-refractivity contribution in [3.8, 4) is 0 Å². The molecule has 2 atom stereocenters. The monoisotopic (exact) mass is 594 g/mol. The van der Waals surface area contributed by atoms with Crippen LogP contribution < -0.4 is 0 Å². The van der Waals surface area contributed by atoms with Gasteiger partial charge in [0.15, 0.2) is 0 Å². The number of benzene rings is 4. The van der Waals surface area contributed by atoms with Crippen LogP contribution in [-0.2, 0) is 30.5 Å². The van der Waals surface area contributed by atoms with Crippen LogP contribution in [0.5, 0.6) is 0 Å². The van der Waals surface area contributed by atoms with Crippen molar-refractivity contribution in [2.45, 2.75) is 103 Å². The van der Waals surface area contributed by atoms with Gasteiger partial charge in [-0.1, -0.05) is 125 Å². The molecule has 0 saturated carbocycles. The molecule has 0 amide bonds. The van der Waals surface area contributed by atoms with Crippen LogP contribution in [0.15, 0.2) is 97.1 Å². The van der Waals surface area contributed by atoms with Crippen LogP contribution in [0.2, 0.25) is 0 Å². The summed E-state index contributed by atoms with van der Waals surface area (Å²) in [5, 5.41) is 0. The van der Waals surface area contributed by atoms with Crippen molar-refractivity contribution in [2.24, 2.45) is 0 Å². The first kappa shape index (κ1) is 33.3. The van der Waals surface area contributed by atoms with Gasteiger partial charge in [-0.15, -0.1) is 0 Å². The van der Waals surface area contributed by atoms with Gasteiger partial charge in [0, 0.05) is 11.8 Å². The van der Waals surface area contributed by atoms with Gasteiger partial charge in [0.1, 0.15) is 17.4 Å². The molecule has 0 aliphatic heterocycles. The van der Waals surface area contributed by atoms with Crippen molar-refractivity contribution in [2.75, 3.05) is 0 Å². The second kappa shape index (κ2) is 17.6. The number of unbranched alkanes of at least 4 members (excludes halogenated alkanes) is 6. The number of rotatable bonds is 18. The van der Waals surface area contributed by atoms with E-state index in [1.807, 2.05) is 12.1 Å². The molecule has 0 saturated heterocycles. The second-order valence-corrected chi connectivity index (χ2v) is 12.2. The highest BCUT2D eigenvalue weighted by molar-refractivity contribution is 5.93. The number of carbonyl (C=O) groups is 1. The van der Waals surface area contributed by atoms with Gasteiger partial charge >= 0.3 is 0 Å². The molecule has 4 rings (SSSR count). The zero-order valence-electron chi connectivity index (χ0n) is 26.5. The molecule has 1 nitrogen and oxygen atoms in total. The van der Waals surface area contributed by atoms with Crippen LogP contribution in [0.4, 0.5) is 8.78 Å². The molecule has 0 aliphatic rings. The number of hydrogen-bond donors (Lipinski definition) is 0. The Bertz CT molecular complexity index is 1310. The van der Waals surface area contributed by atoms with Gasteiger partial charge in [0.25, 0.3) is 0 Å². The molecular formula is C41H48F2O. The highest BCUT2D eigenvalue weighted by Crippen LogP contribution is 2.36. The Balaban J connectivity index is 1.77. The zero-order chi connectivity index (χ0) is 31.1. The highest BCUT2D eigenvalue weighted by Gasteiger charge is 2.32. The molecule has 44 heavy (non-hydrogen) atoms. The summed E-state index contributed by atoms with van der Waals surface area (Å²) in [4.78, 5) is 15.1. The summed E-state index contributed by atoms with van der Waals surface area (Å²) in [7, 11) is 0. The fraction of sp³-hybridized carbons (Fsp3) is 0.390. The van der Waals surface area contributed by atoms with Gasteiger partial charge in [-0.25, -0.2) is 8.78 Å². The molecule has 4 aromatic carbocycles. The lowest BCUT2D eigenvalue weighted by Crippen LogP contribution is -2.26. The smallest absolute Gasteiger partial charge is 0.148 e. The van der Waals surface area contributed by atoms with E-state index in [-0.39, 0.29) is 29.3 Å². The first-order valence-corrected chi connectivity index (χ1v) is 16.7. The van der Waals surface area contributed by atoms with Crippen molar-refractivity contribution < 1.29 is 13.6 Å². The Kier molecular flexibility index (Phi) is 13.4. The van der Waals surface area contributed by atoms with E-state index in [0.717, 1.165) is 47.9 Å². The Morgan fingerprint density at radius 1 is 0.523 bits per heavy atom. The summed E-state index contributed by atoms with van der Waals surface area (Å²) in [5.41, 5.74) is 6.47. The summed E-state index contributed by atoms with van der Waals surface area (Å²) in [5.74, 6) is -1.16. The van der Waals surface area contributed by atoms with Crippen molar-refractivity contribution in [3.63, 3.8) is 0 Å². The average molecular weight is 595 g/mol.